The number of carbonyl (C=O) groups excluding carboxylic acids is 1. The zero-order chi connectivity index (χ0) is 14.7. The van der Waals surface area contributed by atoms with Gasteiger partial charge in [-0.05, 0) is 24.6 Å². The first-order valence-electron chi connectivity index (χ1n) is 7.03. The fourth-order valence-electron chi connectivity index (χ4n) is 2.43. The lowest BCUT2D eigenvalue weighted by Gasteiger charge is -2.15. The van der Waals surface area contributed by atoms with Crippen molar-refractivity contribution in [2.45, 2.75) is 19.1 Å². The van der Waals surface area contributed by atoms with Gasteiger partial charge in [0.05, 0.1) is 6.26 Å². The summed E-state index contributed by atoms with van der Waals surface area (Å²) in [6.45, 7) is 1.57. The number of nitrogens with zero attached hydrogens (tertiary/aromatic N) is 1. The number of hydrogen-bond acceptors (Lipinski definition) is 4. The van der Waals surface area contributed by atoms with Crippen LogP contribution in [0.2, 0.25) is 0 Å². The van der Waals surface area contributed by atoms with Crippen LogP contribution in [0.3, 0.4) is 0 Å². The molecule has 2 heterocycles. The number of furan rings is 1. The summed E-state index contributed by atoms with van der Waals surface area (Å²) in [7, 11) is 0. The largest absolute Gasteiger partial charge is 0.489 e. The van der Waals surface area contributed by atoms with Crippen molar-refractivity contribution >= 4 is 18.3 Å². The van der Waals surface area contributed by atoms with E-state index in [-0.39, 0.29) is 24.4 Å². The molecule has 1 aromatic heterocycles. The highest BCUT2D eigenvalue weighted by atomic mass is 35.5. The molecule has 1 saturated heterocycles. The molecule has 3 rings (SSSR count). The molecule has 0 spiro atoms. The predicted molar refractivity (Wildman–Crippen MR) is 85.2 cm³/mol. The van der Waals surface area contributed by atoms with Crippen LogP contribution in [-0.2, 0) is 6.61 Å². The molecular formula is C16H19ClN2O3. The van der Waals surface area contributed by atoms with E-state index in [4.69, 9.17) is 14.9 Å². The van der Waals surface area contributed by atoms with Crippen molar-refractivity contribution in [2.75, 3.05) is 13.1 Å². The second kappa shape index (κ2) is 7.33. The van der Waals surface area contributed by atoms with Crippen LogP contribution in [0.25, 0.3) is 0 Å². The van der Waals surface area contributed by atoms with Gasteiger partial charge in [-0.25, -0.2) is 0 Å². The minimum absolute atomic E-state index is 0. The van der Waals surface area contributed by atoms with E-state index in [0.717, 1.165) is 17.7 Å². The summed E-state index contributed by atoms with van der Waals surface area (Å²) in [5, 5.41) is 0. The summed E-state index contributed by atoms with van der Waals surface area (Å²) >= 11 is 0. The van der Waals surface area contributed by atoms with Crippen LogP contribution in [0.15, 0.2) is 47.1 Å². The zero-order valence-electron chi connectivity index (χ0n) is 12.1. The number of rotatable bonds is 4. The second-order valence-electron chi connectivity index (χ2n) is 5.18. The first-order chi connectivity index (χ1) is 10.2. The molecule has 1 amide bonds. The van der Waals surface area contributed by atoms with Gasteiger partial charge < -0.3 is 19.8 Å². The Morgan fingerprint density at radius 2 is 2.09 bits per heavy atom. The van der Waals surface area contributed by atoms with Crippen LogP contribution >= 0.6 is 12.4 Å². The molecule has 6 heteroatoms. The lowest BCUT2D eigenvalue weighted by molar-refractivity contribution is 0.0755. The SMILES string of the molecule is Cl.N[C@@H]1CCN(C(=O)c2occc2COc2ccccc2)C1. The molecule has 0 aliphatic carbocycles. The van der Waals surface area contributed by atoms with Crippen molar-refractivity contribution in [1.82, 2.24) is 4.90 Å². The Hall–Kier alpha value is -1.98. The summed E-state index contributed by atoms with van der Waals surface area (Å²) in [5.41, 5.74) is 6.59. The minimum atomic E-state index is -0.111. The molecule has 2 N–H and O–H groups in total. The molecule has 2 aromatic rings. The molecule has 0 saturated carbocycles. The quantitative estimate of drug-likeness (QED) is 0.938. The highest BCUT2D eigenvalue weighted by molar-refractivity contribution is 5.93. The maximum atomic E-state index is 12.4. The Bertz CT molecular complexity index is 615. The smallest absolute Gasteiger partial charge is 0.290 e. The summed E-state index contributed by atoms with van der Waals surface area (Å²) in [6, 6.07) is 11.3. The zero-order valence-corrected chi connectivity index (χ0v) is 12.9. The van der Waals surface area contributed by atoms with Gasteiger partial charge in [-0.3, -0.25) is 4.79 Å². The maximum Gasteiger partial charge on any atom is 0.290 e. The Balaban J connectivity index is 0.00000176. The van der Waals surface area contributed by atoms with Crippen molar-refractivity contribution in [3.63, 3.8) is 0 Å². The Labute approximate surface area is 135 Å². The monoisotopic (exact) mass is 322 g/mol. The van der Waals surface area contributed by atoms with Gasteiger partial charge in [0.25, 0.3) is 5.91 Å². The van der Waals surface area contributed by atoms with Crippen LogP contribution < -0.4 is 10.5 Å². The standard InChI is InChI=1S/C16H18N2O3.ClH/c17-13-6-8-18(10-13)16(19)15-12(7-9-20-15)11-21-14-4-2-1-3-5-14;/h1-5,7,9,13H,6,8,10-11,17H2;1H/t13-;/m1./s1. The van der Waals surface area contributed by atoms with E-state index in [1.807, 2.05) is 30.3 Å². The van der Waals surface area contributed by atoms with Crippen LogP contribution in [0.5, 0.6) is 5.75 Å². The summed E-state index contributed by atoms with van der Waals surface area (Å²) in [4.78, 5) is 14.1. The Kier molecular flexibility index (Phi) is 5.46. The van der Waals surface area contributed by atoms with Crippen LogP contribution in [-0.4, -0.2) is 29.9 Å². The number of nitrogens with two attached hydrogens (primary N) is 1. The lowest BCUT2D eigenvalue weighted by atomic mass is 10.2. The fraction of sp³-hybridized carbons (Fsp3) is 0.312. The third-order valence-corrected chi connectivity index (χ3v) is 3.59. The van der Waals surface area contributed by atoms with Gasteiger partial charge in [0, 0.05) is 24.7 Å². The Morgan fingerprint density at radius 3 is 2.77 bits per heavy atom. The topological polar surface area (TPSA) is 68.7 Å². The number of benzene rings is 1. The summed E-state index contributed by atoms with van der Waals surface area (Å²) in [6.07, 6.45) is 2.36. The molecule has 22 heavy (non-hydrogen) atoms. The predicted octanol–water partition coefficient (Wildman–Crippen LogP) is 2.45. The number of carbonyl (C=O) groups is 1. The lowest BCUT2D eigenvalue weighted by Crippen LogP contribution is -2.32. The number of amides is 1. The van der Waals surface area contributed by atoms with Crippen LogP contribution in [0, 0.1) is 0 Å². The molecule has 1 aliphatic heterocycles. The molecule has 5 nitrogen and oxygen atoms in total. The molecule has 118 valence electrons. The summed E-state index contributed by atoms with van der Waals surface area (Å²) in [5.74, 6) is 1.000. The first-order valence-corrected chi connectivity index (χ1v) is 7.03. The highest BCUT2D eigenvalue weighted by Crippen LogP contribution is 2.19. The van der Waals surface area contributed by atoms with Gasteiger partial charge in [0.1, 0.15) is 12.4 Å². The molecular weight excluding hydrogens is 304 g/mol. The normalized spacial score (nSPS) is 17.1. The van der Waals surface area contributed by atoms with E-state index in [1.54, 1.807) is 11.0 Å². The van der Waals surface area contributed by atoms with Gasteiger partial charge in [0.15, 0.2) is 5.76 Å². The van der Waals surface area contributed by atoms with Crippen LogP contribution in [0.1, 0.15) is 22.5 Å². The van der Waals surface area contributed by atoms with Gasteiger partial charge >= 0.3 is 0 Å². The molecule has 0 unspecified atom stereocenters. The van der Waals surface area contributed by atoms with E-state index in [0.29, 0.717) is 25.5 Å². The van der Waals surface area contributed by atoms with E-state index < -0.39 is 0 Å². The number of para-hydroxylation sites is 1. The molecule has 1 aliphatic rings. The van der Waals surface area contributed by atoms with E-state index in [9.17, 15) is 4.79 Å². The number of halogens is 1. The highest BCUT2D eigenvalue weighted by Gasteiger charge is 2.28. The molecule has 1 atom stereocenters. The minimum Gasteiger partial charge on any atom is -0.489 e. The van der Waals surface area contributed by atoms with Crippen molar-refractivity contribution in [3.8, 4) is 5.75 Å². The van der Waals surface area contributed by atoms with Crippen molar-refractivity contribution in [1.29, 1.82) is 0 Å². The average Bonchev–Trinajstić information content (AvgIpc) is 3.14. The Morgan fingerprint density at radius 1 is 1.32 bits per heavy atom. The van der Waals surface area contributed by atoms with Crippen molar-refractivity contribution < 1.29 is 13.9 Å². The third kappa shape index (κ3) is 3.61. The van der Waals surface area contributed by atoms with Crippen molar-refractivity contribution in [3.05, 3.63) is 54.0 Å². The number of ether oxygens (including phenoxy) is 1. The van der Waals surface area contributed by atoms with Crippen LogP contribution in [0.4, 0.5) is 0 Å². The molecule has 1 fully saturated rings. The van der Waals surface area contributed by atoms with E-state index in [2.05, 4.69) is 0 Å². The number of likely N-dealkylation sites (tertiary alicyclic amines) is 1. The van der Waals surface area contributed by atoms with Gasteiger partial charge in [-0.2, -0.15) is 0 Å². The molecule has 1 aromatic carbocycles. The van der Waals surface area contributed by atoms with Gasteiger partial charge in [0.2, 0.25) is 0 Å². The maximum absolute atomic E-state index is 12.4. The average molecular weight is 323 g/mol. The summed E-state index contributed by atoms with van der Waals surface area (Å²) < 4.78 is 11.0. The van der Waals surface area contributed by atoms with Gasteiger partial charge in [-0.15, -0.1) is 12.4 Å². The third-order valence-electron chi connectivity index (χ3n) is 3.59. The van der Waals surface area contributed by atoms with Gasteiger partial charge in [-0.1, -0.05) is 18.2 Å². The molecule has 0 bridgehead atoms. The fourth-order valence-corrected chi connectivity index (χ4v) is 2.43. The second-order valence-corrected chi connectivity index (χ2v) is 5.18. The number of hydrogen-bond donors (Lipinski definition) is 1. The van der Waals surface area contributed by atoms with Crippen molar-refractivity contribution in [2.24, 2.45) is 5.73 Å². The van der Waals surface area contributed by atoms with E-state index in [1.165, 1.54) is 6.26 Å². The molecule has 0 radical (unpaired) electrons. The first kappa shape index (κ1) is 16.4. The van der Waals surface area contributed by atoms with E-state index >= 15 is 0 Å².